The molecule has 0 aromatic carbocycles. The van der Waals surface area contributed by atoms with Gasteiger partial charge in [-0.25, -0.2) is 4.72 Å². The number of nitrogens with one attached hydrogen (secondary N) is 2. The van der Waals surface area contributed by atoms with Crippen molar-refractivity contribution in [2.45, 2.75) is 46.6 Å². The van der Waals surface area contributed by atoms with Crippen molar-refractivity contribution in [1.29, 1.82) is 0 Å². The first-order chi connectivity index (χ1) is 8.33. The zero-order chi connectivity index (χ0) is 13.8. The van der Waals surface area contributed by atoms with Crippen molar-refractivity contribution in [2.24, 2.45) is 5.41 Å². The topological polar surface area (TPSA) is 61.4 Å². The van der Waals surface area contributed by atoms with E-state index in [2.05, 4.69) is 23.9 Å². The van der Waals surface area contributed by atoms with Crippen molar-refractivity contribution in [1.82, 2.24) is 14.3 Å². The maximum atomic E-state index is 12.0. The predicted molar refractivity (Wildman–Crippen MR) is 81.9 cm³/mol. The summed E-state index contributed by atoms with van der Waals surface area (Å²) < 4.78 is 28.2. The van der Waals surface area contributed by atoms with Crippen LogP contribution < -0.4 is 10.0 Å². The summed E-state index contributed by atoms with van der Waals surface area (Å²) in [6.07, 6.45) is 2.30. The maximum Gasteiger partial charge on any atom is 0.279 e. The van der Waals surface area contributed by atoms with Crippen molar-refractivity contribution in [3.05, 3.63) is 0 Å². The zero-order valence-corrected chi connectivity index (χ0v) is 14.0. The van der Waals surface area contributed by atoms with E-state index >= 15 is 0 Å². The Kier molecular flexibility index (Phi) is 7.83. The van der Waals surface area contributed by atoms with E-state index in [1.807, 2.05) is 13.8 Å². The molecule has 1 saturated heterocycles. The van der Waals surface area contributed by atoms with Crippen LogP contribution >= 0.6 is 12.4 Å². The van der Waals surface area contributed by atoms with Crippen molar-refractivity contribution in [3.8, 4) is 0 Å². The molecule has 0 bridgehead atoms. The summed E-state index contributed by atoms with van der Waals surface area (Å²) in [5.74, 6) is 0. The molecule has 0 amide bonds. The fourth-order valence-corrected chi connectivity index (χ4v) is 3.70. The van der Waals surface area contributed by atoms with E-state index in [1.165, 1.54) is 4.31 Å². The third kappa shape index (κ3) is 5.19. The molecule has 2 N–H and O–H groups in total. The number of hydrogen-bond acceptors (Lipinski definition) is 3. The molecule has 1 rings (SSSR count). The normalized spacial score (nSPS) is 23.1. The highest BCUT2D eigenvalue weighted by atomic mass is 35.5. The van der Waals surface area contributed by atoms with Crippen molar-refractivity contribution < 1.29 is 8.42 Å². The van der Waals surface area contributed by atoms with Gasteiger partial charge >= 0.3 is 0 Å². The van der Waals surface area contributed by atoms with Gasteiger partial charge < -0.3 is 5.32 Å². The monoisotopic (exact) mass is 313 g/mol. The standard InChI is InChI=1S/C12H27N3O2S.ClH/c1-5-15(6-2)18(16,17)14-10-11-12(3,4)8-7-9-13-11;/h11,13-14H,5-10H2,1-4H3;1H. The van der Waals surface area contributed by atoms with Gasteiger partial charge in [-0.2, -0.15) is 12.7 Å². The average molecular weight is 314 g/mol. The van der Waals surface area contributed by atoms with Crippen LogP contribution in [0.3, 0.4) is 0 Å². The van der Waals surface area contributed by atoms with Crippen molar-refractivity contribution >= 4 is 22.6 Å². The van der Waals surface area contributed by atoms with Crippen LogP contribution in [0, 0.1) is 5.41 Å². The molecule has 0 spiro atoms. The minimum atomic E-state index is -3.33. The first-order valence-electron chi connectivity index (χ1n) is 6.81. The molecular formula is C12H28ClN3O2S. The number of halogens is 1. The Hall–Kier alpha value is 0.120. The molecular weight excluding hydrogens is 286 g/mol. The van der Waals surface area contributed by atoms with Crippen LogP contribution in [0.15, 0.2) is 0 Å². The second kappa shape index (κ2) is 7.78. The van der Waals surface area contributed by atoms with Crippen LogP contribution in [0.4, 0.5) is 0 Å². The third-order valence-electron chi connectivity index (χ3n) is 3.85. The molecule has 1 aliphatic rings. The minimum Gasteiger partial charge on any atom is -0.312 e. The quantitative estimate of drug-likeness (QED) is 0.778. The highest BCUT2D eigenvalue weighted by Gasteiger charge is 2.33. The van der Waals surface area contributed by atoms with Crippen LogP contribution in [0.5, 0.6) is 0 Å². The van der Waals surface area contributed by atoms with Crippen LogP contribution in [-0.4, -0.2) is 44.9 Å². The van der Waals surface area contributed by atoms with Crippen LogP contribution in [0.2, 0.25) is 0 Å². The molecule has 1 unspecified atom stereocenters. The van der Waals surface area contributed by atoms with Gasteiger partial charge in [0.05, 0.1) is 0 Å². The van der Waals surface area contributed by atoms with Gasteiger partial charge in [0.2, 0.25) is 0 Å². The lowest BCUT2D eigenvalue weighted by molar-refractivity contribution is 0.181. The Morgan fingerprint density at radius 2 is 1.89 bits per heavy atom. The number of rotatable bonds is 6. The summed E-state index contributed by atoms with van der Waals surface area (Å²) in [5.41, 5.74) is 0.143. The van der Waals surface area contributed by atoms with Gasteiger partial charge in [0.1, 0.15) is 0 Å². The smallest absolute Gasteiger partial charge is 0.279 e. The molecule has 1 atom stereocenters. The minimum absolute atomic E-state index is 0. The summed E-state index contributed by atoms with van der Waals surface area (Å²) in [7, 11) is -3.33. The molecule has 0 aromatic rings. The molecule has 116 valence electrons. The SMILES string of the molecule is CCN(CC)S(=O)(=O)NCC1NCCCC1(C)C.Cl. The van der Waals surface area contributed by atoms with Crippen molar-refractivity contribution in [3.63, 3.8) is 0 Å². The summed E-state index contributed by atoms with van der Waals surface area (Å²) in [4.78, 5) is 0. The molecule has 0 aliphatic carbocycles. The Bertz CT molecular complexity index is 356. The van der Waals surface area contributed by atoms with E-state index in [0.29, 0.717) is 19.6 Å². The fourth-order valence-electron chi connectivity index (χ4n) is 2.46. The Labute approximate surface area is 124 Å². The van der Waals surface area contributed by atoms with E-state index < -0.39 is 10.2 Å². The highest BCUT2D eigenvalue weighted by Crippen LogP contribution is 2.29. The summed E-state index contributed by atoms with van der Waals surface area (Å²) in [5, 5.41) is 3.41. The molecule has 1 heterocycles. The van der Waals surface area contributed by atoms with Crippen molar-refractivity contribution in [2.75, 3.05) is 26.2 Å². The predicted octanol–water partition coefficient (Wildman–Crippen LogP) is 1.36. The third-order valence-corrected chi connectivity index (χ3v) is 5.57. The van der Waals surface area contributed by atoms with E-state index in [0.717, 1.165) is 19.4 Å². The second-order valence-electron chi connectivity index (χ2n) is 5.54. The van der Waals surface area contributed by atoms with Gasteiger partial charge in [-0.15, -0.1) is 12.4 Å². The van der Waals surface area contributed by atoms with Gasteiger partial charge in [-0.1, -0.05) is 27.7 Å². The van der Waals surface area contributed by atoms with Gasteiger partial charge in [-0.05, 0) is 24.8 Å². The molecule has 1 fully saturated rings. The molecule has 5 nitrogen and oxygen atoms in total. The first-order valence-corrected chi connectivity index (χ1v) is 8.25. The van der Waals surface area contributed by atoms with Crippen LogP contribution in [-0.2, 0) is 10.2 Å². The Morgan fingerprint density at radius 3 is 2.37 bits per heavy atom. The van der Waals surface area contributed by atoms with E-state index in [-0.39, 0.29) is 23.9 Å². The molecule has 7 heteroatoms. The summed E-state index contributed by atoms with van der Waals surface area (Å²) >= 11 is 0. The lowest BCUT2D eigenvalue weighted by Gasteiger charge is -2.39. The number of hydrogen-bond donors (Lipinski definition) is 2. The van der Waals surface area contributed by atoms with E-state index in [9.17, 15) is 8.42 Å². The van der Waals surface area contributed by atoms with Gasteiger partial charge in [0.25, 0.3) is 10.2 Å². The Balaban J connectivity index is 0.00000324. The summed E-state index contributed by atoms with van der Waals surface area (Å²) in [6.45, 7) is 10.5. The second-order valence-corrected chi connectivity index (χ2v) is 7.29. The number of nitrogens with zero attached hydrogens (tertiary/aromatic N) is 1. The van der Waals surface area contributed by atoms with Gasteiger partial charge in [0.15, 0.2) is 0 Å². The van der Waals surface area contributed by atoms with Crippen LogP contribution in [0.25, 0.3) is 0 Å². The van der Waals surface area contributed by atoms with Gasteiger partial charge in [-0.3, -0.25) is 0 Å². The molecule has 0 saturated carbocycles. The largest absolute Gasteiger partial charge is 0.312 e. The maximum absolute atomic E-state index is 12.0. The Morgan fingerprint density at radius 1 is 1.32 bits per heavy atom. The fraction of sp³-hybridized carbons (Fsp3) is 1.00. The first kappa shape index (κ1) is 19.1. The molecule has 0 aromatic heterocycles. The number of piperidine rings is 1. The molecule has 0 radical (unpaired) electrons. The average Bonchev–Trinajstić information content (AvgIpc) is 2.28. The van der Waals surface area contributed by atoms with E-state index in [1.54, 1.807) is 0 Å². The highest BCUT2D eigenvalue weighted by molar-refractivity contribution is 7.87. The summed E-state index contributed by atoms with van der Waals surface area (Å²) in [6, 6.07) is 0.205. The lowest BCUT2D eigenvalue weighted by atomic mass is 9.78. The zero-order valence-electron chi connectivity index (χ0n) is 12.4. The lowest BCUT2D eigenvalue weighted by Crippen LogP contribution is -2.54. The molecule has 1 aliphatic heterocycles. The molecule has 19 heavy (non-hydrogen) atoms. The van der Waals surface area contributed by atoms with Gasteiger partial charge in [0, 0.05) is 25.7 Å². The van der Waals surface area contributed by atoms with E-state index in [4.69, 9.17) is 0 Å². The van der Waals surface area contributed by atoms with Crippen LogP contribution in [0.1, 0.15) is 40.5 Å².